The molecule has 0 saturated heterocycles. The van der Waals surface area contributed by atoms with E-state index in [4.69, 9.17) is 5.26 Å². The lowest BCUT2D eigenvalue weighted by Crippen LogP contribution is -1.77. The van der Waals surface area contributed by atoms with Gasteiger partial charge in [-0.1, -0.05) is 34.1 Å². The molecule has 0 atom stereocenters. The summed E-state index contributed by atoms with van der Waals surface area (Å²) in [6, 6.07) is 6.25. The zero-order valence-electron chi connectivity index (χ0n) is 6.63. The van der Waals surface area contributed by atoms with E-state index in [1.54, 1.807) is 0 Å². The van der Waals surface area contributed by atoms with Gasteiger partial charge in [-0.05, 0) is 25.0 Å². The third kappa shape index (κ3) is 2.73. The fourth-order valence-corrected chi connectivity index (χ4v) is 1.06. The molecule has 0 N–H and O–H groups in total. The molecule has 0 unspecified atom stereocenters. The van der Waals surface area contributed by atoms with Gasteiger partial charge in [0.1, 0.15) is 0 Å². The molecule has 0 radical (unpaired) electrons. The first-order valence-corrected chi connectivity index (χ1v) is 3.98. The molecular weight excluding hydrogens is 202 g/mol. The molecule has 1 rings (SSSR count). The number of rotatable bonds is 0. The van der Waals surface area contributed by atoms with E-state index in [9.17, 15) is 0 Å². The first kappa shape index (κ1) is 10.2. The Hall–Kier alpha value is -0.810. The van der Waals surface area contributed by atoms with Crippen LogP contribution in [-0.2, 0) is 0 Å². The summed E-state index contributed by atoms with van der Waals surface area (Å²) in [6.07, 6.45) is 0. The summed E-state index contributed by atoms with van der Waals surface area (Å²) in [7, 11) is 0. The molecule has 0 saturated carbocycles. The fourth-order valence-electron chi connectivity index (χ4n) is 0.794. The van der Waals surface area contributed by atoms with Gasteiger partial charge in [-0.2, -0.15) is 0 Å². The van der Waals surface area contributed by atoms with Gasteiger partial charge in [0.25, 0.3) is 0 Å². The molecule has 1 nitrogen and oxygen atoms in total. The summed E-state index contributed by atoms with van der Waals surface area (Å²) < 4.78 is 1.23. The van der Waals surface area contributed by atoms with Crippen molar-refractivity contribution in [3.63, 3.8) is 0 Å². The van der Waals surface area contributed by atoms with Crippen LogP contribution in [0.25, 0.3) is 0 Å². The summed E-state index contributed by atoms with van der Waals surface area (Å²) in [4.78, 5) is 0. The number of nitrogens with zero attached hydrogens (tertiary/aromatic N) is 1. The fraction of sp³-hybridized carbons (Fsp3) is 0.222. The predicted molar refractivity (Wildman–Crippen MR) is 50.3 cm³/mol. The van der Waals surface area contributed by atoms with Gasteiger partial charge in [0.2, 0.25) is 0 Å². The van der Waals surface area contributed by atoms with Crippen molar-refractivity contribution in [2.24, 2.45) is 0 Å². The molecular formula is C9H10BrN. The summed E-state index contributed by atoms with van der Waals surface area (Å²) in [5.41, 5.74) is 2.60. The average molecular weight is 212 g/mol. The van der Waals surface area contributed by atoms with Gasteiger partial charge in [0, 0.05) is 11.0 Å². The molecule has 0 fully saturated rings. The zero-order chi connectivity index (χ0) is 8.85. The highest BCUT2D eigenvalue weighted by molar-refractivity contribution is 9.10. The van der Waals surface area contributed by atoms with Crippen LogP contribution in [-0.4, -0.2) is 0 Å². The molecule has 0 bridgehead atoms. The van der Waals surface area contributed by atoms with Gasteiger partial charge in [-0.15, -0.1) is 0 Å². The summed E-state index contributed by atoms with van der Waals surface area (Å²) in [5.74, 6) is 0. The second kappa shape index (κ2) is 4.92. The Balaban J connectivity index is 0.000000461. The van der Waals surface area contributed by atoms with E-state index in [1.807, 2.05) is 0 Å². The minimum absolute atomic E-state index is 1.23. The lowest BCUT2D eigenvalue weighted by atomic mass is 10.2. The van der Waals surface area contributed by atoms with Crippen LogP contribution in [0.2, 0.25) is 0 Å². The van der Waals surface area contributed by atoms with Gasteiger partial charge < -0.3 is 0 Å². The van der Waals surface area contributed by atoms with E-state index in [0.717, 1.165) is 0 Å². The van der Waals surface area contributed by atoms with Gasteiger partial charge in [-0.3, -0.25) is 0 Å². The first-order chi connectivity index (χ1) is 5.22. The Morgan fingerprint density at radius 1 is 1.18 bits per heavy atom. The summed E-state index contributed by atoms with van der Waals surface area (Å²) in [5, 5.41) is 6.50. The molecule has 0 aromatic heterocycles. The molecule has 0 aliphatic carbocycles. The van der Waals surface area contributed by atoms with E-state index in [1.165, 1.54) is 15.6 Å². The van der Waals surface area contributed by atoms with Gasteiger partial charge in [0.05, 0.1) is 0 Å². The summed E-state index contributed by atoms with van der Waals surface area (Å²) >= 11 is 3.48. The molecule has 0 amide bonds. The second-order valence-electron chi connectivity index (χ2n) is 2.21. The highest BCUT2D eigenvalue weighted by atomic mass is 79.9. The predicted octanol–water partition coefficient (Wildman–Crippen LogP) is 3.21. The lowest BCUT2D eigenvalue weighted by Gasteiger charge is -1.98. The van der Waals surface area contributed by atoms with Crippen LogP contribution in [0.5, 0.6) is 0 Å². The molecule has 2 heteroatoms. The van der Waals surface area contributed by atoms with E-state index in [0.29, 0.717) is 0 Å². The van der Waals surface area contributed by atoms with Gasteiger partial charge in [-0.25, -0.2) is 5.26 Å². The van der Waals surface area contributed by atoms with Crippen LogP contribution >= 0.6 is 15.9 Å². The maximum atomic E-state index is 6.50. The Morgan fingerprint density at radius 2 is 1.55 bits per heavy atom. The topological polar surface area (TPSA) is 23.8 Å². The van der Waals surface area contributed by atoms with E-state index >= 15 is 0 Å². The van der Waals surface area contributed by atoms with Crippen molar-refractivity contribution < 1.29 is 0 Å². The van der Waals surface area contributed by atoms with Crippen molar-refractivity contribution in [2.45, 2.75) is 13.8 Å². The maximum absolute atomic E-state index is 6.50. The molecule has 1 aromatic carbocycles. The van der Waals surface area contributed by atoms with Crippen LogP contribution in [0, 0.1) is 25.7 Å². The van der Waals surface area contributed by atoms with Crippen molar-refractivity contribution in [1.82, 2.24) is 0 Å². The molecule has 11 heavy (non-hydrogen) atoms. The number of aryl methyl sites for hydroxylation is 2. The molecule has 1 aromatic rings. The Bertz CT molecular complexity index is 233. The van der Waals surface area contributed by atoms with Crippen molar-refractivity contribution in [2.75, 3.05) is 0 Å². The van der Waals surface area contributed by atoms with Crippen LogP contribution < -0.4 is 0 Å². The Labute approximate surface area is 75.8 Å². The third-order valence-corrected chi connectivity index (χ3v) is 2.64. The molecule has 0 aliphatic rings. The Kier molecular flexibility index (Phi) is 4.56. The monoisotopic (exact) mass is 211 g/mol. The highest BCUT2D eigenvalue weighted by Gasteiger charge is 1.93. The third-order valence-electron chi connectivity index (χ3n) is 1.38. The normalized spacial score (nSPS) is 8.09. The SMILES string of the molecule is C#N.Cc1cccc(C)c1Br. The minimum atomic E-state index is 1.23. The number of nitriles is 1. The number of hydrogen-bond acceptors (Lipinski definition) is 1. The zero-order valence-corrected chi connectivity index (χ0v) is 8.22. The first-order valence-electron chi connectivity index (χ1n) is 3.19. The van der Waals surface area contributed by atoms with Crippen molar-refractivity contribution >= 4 is 15.9 Å². The van der Waals surface area contributed by atoms with E-state index in [-0.39, 0.29) is 0 Å². The van der Waals surface area contributed by atoms with Crippen LogP contribution in [0.4, 0.5) is 0 Å². The van der Waals surface area contributed by atoms with E-state index < -0.39 is 0 Å². The number of halogens is 1. The molecule has 58 valence electrons. The quantitative estimate of drug-likeness (QED) is 0.647. The van der Waals surface area contributed by atoms with Gasteiger partial charge in [0.15, 0.2) is 0 Å². The number of benzene rings is 1. The standard InChI is InChI=1S/C8H9Br.CHN/c1-6-4-3-5-7(2)8(6)9;1-2/h3-5H,1-2H3;1H. The second-order valence-corrected chi connectivity index (χ2v) is 3.00. The van der Waals surface area contributed by atoms with E-state index in [2.05, 4.69) is 54.5 Å². The molecule has 0 aliphatic heterocycles. The van der Waals surface area contributed by atoms with Crippen molar-refractivity contribution in [1.29, 1.82) is 5.26 Å². The maximum Gasteiger partial charge on any atom is 0.0462 e. The van der Waals surface area contributed by atoms with Crippen LogP contribution in [0.1, 0.15) is 11.1 Å². The minimum Gasteiger partial charge on any atom is -0.202 e. The van der Waals surface area contributed by atoms with Crippen molar-refractivity contribution in [3.8, 4) is 6.57 Å². The largest absolute Gasteiger partial charge is 0.202 e. The smallest absolute Gasteiger partial charge is 0.0462 e. The number of hydrogen-bond donors (Lipinski definition) is 0. The lowest BCUT2D eigenvalue weighted by molar-refractivity contribution is 1.34. The Morgan fingerprint density at radius 3 is 1.82 bits per heavy atom. The summed E-state index contributed by atoms with van der Waals surface area (Å²) in [6.45, 7) is 7.69. The molecule has 0 heterocycles. The van der Waals surface area contributed by atoms with Crippen LogP contribution in [0.15, 0.2) is 22.7 Å². The van der Waals surface area contributed by atoms with Crippen LogP contribution in [0.3, 0.4) is 0 Å². The highest BCUT2D eigenvalue weighted by Crippen LogP contribution is 2.19. The molecule has 0 spiro atoms. The van der Waals surface area contributed by atoms with Crippen molar-refractivity contribution in [3.05, 3.63) is 33.8 Å². The average Bonchev–Trinajstić information content (AvgIpc) is 2.04. The van der Waals surface area contributed by atoms with Gasteiger partial charge >= 0.3 is 0 Å².